The maximum absolute atomic E-state index is 12.3. The van der Waals surface area contributed by atoms with Crippen LogP contribution in [-0.2, 0) is 10.8 Å². The van der Waals surface area contributed by atoms with Crippen molar-refractivity contribution in [2.45, 2.75) is 17.9 Å². The van der Waals surface area contributed by atoms with Gasteiger partial charge in [-0.25, -0.2) is 0 Å². The molecule has 0 aliphatic carbocycles. The molecule has 5 nitrogen and oxygen atoms in total. The molecule has 1 heterocycles. The summed E-state index contributed by atoms with van der Waals surface area (Å²) in [5.41, 5.74) is 1.23. The van der Waals surface area contributed by atoms with E-state index in [0.717, 1.165) is 10.5 Å². The van der Waals surface area contributed by atoms with Crippen LogP contribution in [0.1, 0.15) is 29.0 Å². The minimum absolute atomic E-state index is 0.142. The van der Waals surface area contributed by atoms with E-state index in [-0.39, 0.29) is 17.6 Å². The molecule has 7 heteroatoms. The zero-order valence-electron chi connectivity index (χ0n) is 12.0. The second kappa shape index (κ2) is 6.41. The van der Waals surface area contributed by atoms with Gasteiger partial charge in [0.25, 0.3) is 5.91 Å². The number of H-pyrrole nitrogens is 1. The maximum Gasteiger partial charge on any atom is 0.273 e. The first-order valence-corrected chi connectivity index (χ1v) is 8.25. The fraction of sp³-hybridized carbons (Fsp3) is 0.286. The highest BCUT2D eigenvalue weighted by Crippen LogP contribution is 2.23. The van der Waals surface area contributed by atoms with Crippen LogP contribution in [0.3, 0.4) is 0 Å². The van der Waals surface area contributed by atoms with Crippen LogP contribution in [0.25, 0.3) is 0 Å². The molecule has 0 aliphatic rings. The predicted octanol–water partition coefficient (Wildman–Crippen LogP) is 2.63. The first-order chi connectivity index (χ1) is 9.91. The Morgan fingerprint density at radius 1 is 1.38 bits per heavy atom. The summed E-state index contributed by atoms with van der Waals surface area (Å²) in [6, 6.07) is 7.23. The van der Waals surface area contributed by atoms with Gasteiger partial charge in [-0.15, -0.1) is 0 Å². The number of nitrogens with one attached hydrogen (secondary N) is 1. The van der Waals surface area contributed by atoms with Crippen LogP contribution in [-0.4, -0.2) is 38.5 Å². The van der Waals surface area contributed by atoms with Gasteiger partial charge in [-0.1, -0.05) is 23.7 Å². The number of aromatic nitrogens is 2. The number of amides is 1. The van der Waals surface area contributed by atoms with Crippen LogP contribution in [0.15, 0.2) is 35.4 Å². The molecular weight excluding hydrogens is 310 g/mol. The first-order valence-electron chi connectivity index (χ1n) is 6.31. The van der Waals surface area contributed by atoms with Crippen molar-refractivity contribution in [1.29, 1.82) is 0 Å². The third-order valence-electron chi connectivity index (χ3n) is 3.40. The van der Waals surface area contributed by atoms with Crippen LogP contribution in [0.4, 0.5) is 0 Å². The normalized spacial score (nSPS) is 13.7. The molecule has 1 aromatic heterocycles. The van der Waals surface area contributed by atoms with Gasteiger partial charge in [0.05, 0.1) is 17.3 Å². The number of halogens is 1. The molecule has 1 amide bonds. The Balaban J connectivity index is 2.19. The van der Waals surface area contributed by atoms with Crippen molar-refractivity contribution in [1.82, 2.24) is 15.1 Å². The van der Waals surface area contributed by atoms with E-state index in [9.17, 15) is 9.00 Å². The minimum Gasteiger partial charge on any atom is -0.334 e. The van der Waals surface area contributed by atoms with E-state index in [1.807, 2.05) is 31.2 Å². The third kappa shape index (κ3) is 3.33. The van der Waals surface area contributed by atoms with Crippen LogP contribution < -0.4 is 0 Å². The minimum atomic E-state index is -1.01. The Morgan fingerprint density at radius 2 is 2.00 bits per heavy atom. The van der Waals surface area contributed by atoms with Crippen molar-refractivity contribution in [3.05, 3.63) is 46.7 Å². The molecule has 0 aliphatic heterocycles. The summed E-state index contributed by atoms with van der Waals surface area (Å²) in [5.74, 6) is -0.229. The van der Waals surface area contributed by atoms with Crippen LogP contribution in [0.5, 0.6) is 0 Å². The van der Waals surface area contributed by atoms with Crippen LogP contribution >= 0.6 is 11.6 Å². The van der Waals surface area contributed by atoms with Gasteiger partial charge in [0.2, 0.25) is 0 Å². The number of carbonyl (C=O) groups is 1. The van der Waals surface area contributed by atoms with E-state index in [1.54, 1.807) is 18.2 Å². The van der Waals surface area contributed by atoms with E-state index in [4.69, 9.17) is 11.6 Å². The number of hydrogen-bond acceptors (Lipinski definition) is 3. The number of nitrogens with zero attached hydrogens (tertiary/aromatic N) is 2. The van der Waals surface area contributed by atoms with Gasteiger partial charge in [-0.2, -0.15) is 5.10 Å². The average molecular weight is 326 g/mol. The molecule has 2 rings (SSSR count). The van der Waals surface area contributed by atoms with E-state index in [1.165, 1.54) is 6.20 Å². The van der Waals surface area contributed by atoms with Crippen LogP contribution in [0.2, 0.25) is 5.02 Å². The fourth-order valence-electron chi connectivity index (χ4n) is 1.94. The molecule has 1 N–H and O–H groups in total. The number of benzene rings is 1. The smallest absolute Gasteiger partial charge is 0.273 e. The largest absolute Gasteiger partial charge is 0.334 e. The fourth-order valence-corrected chi connectivity index (χ4v) is 2.63. The lowest BCUT2D eigenvalue weighted by Crippen LogP contribution is -2.30. The predicted molar refractivity (Wildman–Crippen MR) is 82.9 cm³/mol. The topological polar surface area (TPSA) is 66.1 Å². The number of rotatable bonds is 4. The number of hydrogen-bond donors (Lipinski definition) is 1. The second-order valence-electron chi connectivity index (χ2n) is 4.71. The van der Waals surface area contributed by atoms with Crippen molar-refractivity contribution in [2.24, 2.45) is 0 Å². The highest BCUT2D eigenvalue weighted by molar-refractivity contribution is 7.84. The Kier molecular flexibility index (Phi) is 4.80. The standard InChI is InChI=1S/C14H16ClN3O2S/c1-9(10-4-6-11(7-5-10)21(3)20)18(2)14(19)13-12(15)8-16-17-13/h4-9H,1-3H3,(H,16,17). The molecule has 2 atom stereocenters. The monoisotopic (exact) mass is 325 g/mol. The van der Waals surface area contributed by atoms with E-state index in [2.05, 4.69) is 10.2 Å². The van der Waals surface area contributed by atoms with E-state index < -0.39 is 10.8 Å². The quantitative estimate of drug-likeness (QED) is 0.939. The van der Waals surface area contributed by atoms with Crippen molar-refractivity contribution in [2.75, 3.05) is 13.3 Å². The number of carbonyl (C=O) groups excluding carboxylic acids is 1. The van der Waals surface area contributed by atoms with Crippen molar-refractivity contribution < 1.29 is 9.00 Å². The average Bonchev–Trinajstić information content (AvgIpc) is 2.91. The first kappa shape index (κ1) is 15.7. The third-order valence-corrected chi connectivity index (χ3v) is 4.63. The molecular formula is C14H16ClN3O2S. The Bertz CT molecular complexity index is 669. The number of aromatic amines is 1. The summed E-state index contributed by atoms with van der Waals surface area (Å²) in [6.07, 6.45) is 3.03. The summed E-state index contributed by atoms with van der Waals surface area (Å²) in [4.78, 5) is 14.7. The highest BCUT2D eigenvalue weighted by Gasteiger charge is 2.22. The second-order valence-corrected chi connectivity index (χ2v) is 6.49. The van der Waals surface area contributed by atoms with E-state index >= 15 is 0 Å². The van der Waals surface area contributed by atoms with Gasteiger partial charge in [0, 0.05) is 29.0 Å². The molecule has 0 bridgehead atoms. The molecule has 0 saturated carbocycles. The van der Waals surface area contributed by atoms with Gasteiger partial charge < -0.3 is 4.90 Å². The molecule has 0 spiro atoms. The summed E-state index contributed by atoms with van der Waals surface area (Å²) >= 11 is 5.91. The summed E-state index contributed by atoms with van der Waals surface area (Å²) in [7, 11) is 0.696. The lowest BCUT2D eigenvalue weighted by Gasteiger charge is -2.25. The molecule has 0 radical (unpaired) electrons. The lowest BCUT2D eigenvalue weighted by atomic mass is 10.1. The lowest BCUT2D eigenvalue weighted by molar-refractivity contribution is 0.0737. The molecule has 2 aromatic rings. The molecule has 1 aromatic carbocycles. The Labute approximate surface area is 130 Å². The van der Waals surface area contributed by atoms with Gasteiger partial charge >= 0.3 is 0 Å². The van der Waals surface area contributed by atoms with Crippen molar-refractivity contribution in [3.8, 4) is 0 Å². The SMILES string of the molecule is CC(c1ccc(S(C)=O)cc1)N(C)C(=O)c1[nH]ncc1Cl. The summed E-state index contributed by atoms with van der Waals surface area (Å²) in [5, 5.41) is 6.65. The van der Waals surface area contributed by atoms with Gasteiger partial charge in [-0.05, 0) is 24.6 Å². The summed E-state index contributed by atoms with van der Waals surface area (Å²) < 4.78 is 11.4. The molecule has 112 valence electrons. The molecule has 0 fully saturated rings. The van der Waals surface area contributed by atoms with Crippen molar-refractivity contribution in [3.63, 3.8) is 0 Å². The van der Waals surface area contributed by atoms with Crippen molar-refractivity contribution >= 4 is 28.3 Å². The van der Waals surface area contributed by atoms with Gasteiger partial charge in [-0.3, -0.25) is 14.1 Å². The Morgan fingerprint density at radius 3 is 2.48 bits per heavy atom. The van der Waals surface area contributed by atoms with Crippen LogP contribution in [0, 0.1) is 0 Å². The molecule has 0 saturated heterocycles. The Hall–Kier alpha value is -1.66. The maximum atomic E-state index is 12.3. The molecule has 2 unspecified atom stereocenters. The van der Waals surface area contributed by atoms with E-state index in [0.29, 0.717) is 5.02 Å². The molecule has 21 heavy (non-hydrogen) atoms. The zero-order chi connectivity index (χ0) is 15.6. The highest BCUT2D eigenvalue weighted by atomic mass is 35.5. The zero-order valence-corrected chi connectivity index (χ0v) is 13.5. The van der Waals surface area contributed by atoms with Gasteiger partial charge in [0.1, 0.15) is 5.69 Å². The summed E-state index contributed by atoms with van der Waals surface area (Å²) in [6.45, 7) is 1.92. The van der Waals surface area contributed by atoms with Gasteiger partial charge in [0.15, 0.2) is 0 Å².